The summed E-state index contributed by atoms with van der Waals surface area (Å²) in [4.78, 5) is 60.1. The predicted octanol–water partition coefficient (Wildman–Crippen LogP) is 7.97. The fourth-order valence-corrected chi connectivity index (χ4v) is 6.78. The van der Waals surface area contributed by atoms with Gasteiger partial charge in [0, 0.05) is 38.7 Å². The second-order valence-corrected chi connectivity index (χ2v) is 17.0. The number of ether oxygens (including phenoxy) is 3. The maximum absolute atomic E-state index is 12.5. The van der Waals surface area contributed by atoms with E-state index >= 15 is 0 Å². The lowest BCUT2D eigenvalue weighted by molar-refractivity contribution is -0.159. The number of ketones is 2. The van der Waals surface area contributed by atoms with Crippen LogP contribution in [0.4, 0.5) is 0 Å². The van der Waals surface area contributed by atoms with Gasteiger partial charge in [-0.25, -0.2) is 4.79 Å². The highest BCUT2D eigenvalue weighted by Crippen LogP contribution is 2.35. The number of esters is 1. The molecule has 0 aliphatic heterocycles. The van der Waals surface area contributed by atoms with Crippen LogP contribution in [0.3, 0.4) is 0 Å². The van der Waals surface area contributed by atoms with Crippen LogP contribution in [0.1, 0.15) is 152 Å². The normalized spacial score (nSPS) is 13.2. The van der Waals surface area contributed by atoms with Gasteiger partial charge in [0.25, 0.3) is 0 Å². The van der Waals surface area contributed by atoms with Gasteiger partial charge in [0.05, 0.1) is 13.2 Å². The first-order valence-electron chi connectivity index (χ1n) is 18.9. The maximum atomic E-state index is 12.5. The summed E-state index contributed by atoms with van der Waals surface area (Å²) < 4.78 is 16.1. The predicted molar refractivity (Wildman–Crippen MR) is 201 cm³/mol. The van der Waals surface area contributed by atoms with Crippen molar-refractivity contribution in [2.24, 2.45) is 17.3 Å². The van der Waals surface area contributed by atoms with Gasteiger partial charge in [-0.3, -0.25) is 19.2 Å². The fourth-order valence-electron chi connectivity index (χ4n) is 5.76. The van der Waals surface area contributed by atoms with E-state index < -0.39 is 29.5 Å². The molecule has 0 bridgehead atoms. The molecule has 0 rings (SSSR count). The number of carbonyl (C=O) groups is 5. The molecule has 2 unspecified atom stereocenters. The molecule has 2 N–H and O–H groups in total. The van der Waals surface area contributed by atoms with Crippen molar-refractivity contribution in [3.05, 3.63) is 0 Å². The molecule has 0 saturated carbocycles. The van der Waals surface area contributed by atoms with Crippen LogP contribution in [-0.4, -0.2) is 84.1 Å². The van der Waals surface area contributed by atoms with Crippen molar-refractivity contribution >= 4 is 41.2 Å². The van der Waals surface area contributed by atoms with Crippen LogP contribution in [0.5, 0.6) is 0 Å². The van der Waals surface area contributed by atoms with Crippen molar-refractivity contribution < 1.29 is 43.3 Å². The molecule has 0 spiro atoms. The maximum Gasteiger partial charge on any atom is 0.329 e. The summed E-state index contributed by atoms with van der Waals surface area (Å²) >= 11 is 2.00. The monoisotopic (exact) mass is 729 g/mol. The Morgan fingerprint density at radius 1 is 0.680 bits per heavy atom. The summed E-state index contributed by atoms with van der Waals surface area (Å²) in [5, 5.41) is 11.4. The van der Waals surface area contributed by atoms with Crippen LogP contribution in [0.2, 0.25) is 0 Å². The molecule has 1 amide bonds. The van der Waals surface area contributed by atoms with E-state index in [4.69, 9.17) is 19.3 Å². The molecule has 2 atom stereocenters. The molecular formula is C39H71NO9S. The summed E-state index contributed by atoms with van der Waals surface area (Å²) in [7, 11) is 0. The summed E-state index contributed by atoms with van der Waals surface area (Å²) in [6.45, 7) is 16.8. The van der Waals surface area contributed by atoms with E-state index in [9.17, 15) is 24.0 Å². The molecule has 0 aliphatic carbocycles. The van der Waals surface area contributed by atoms with Gasteiger partial charge in [-0.2, -0.15) is 11.8 Å². The van der Waals surface area contributed by atoms with E-state index in [-0.39, 0.29) is 43.9 Å². The third-order valence-corrected chi connectivity index (χ3v) is 9.53. The van der Waals surface area contributed by atoms with Gasteiger partial charge < -0.3 is 24.6 Å². The number of unbranched alkanes of at least 4 members (excludes halogenated alkanes) is 6. The topological polar surface area (TPSA) is 145 Å². The Morgan fingerprint density at radius 3 is 1.80 bits per heavy atom. The molecule has 0 aromatic heterocycles. The number of carboxylic acids is 1. The average molecular weight is 730 g/mol. The Morgan fingerprint density at radius 2 is 1.22 bits per heavy atom. The van der Waals surface area contributed by atoms with Crippen LogP contribution in [0.15, 0.2) is 0 Å². The first-order valence-corrected chi connectivity index (χ1v) is 20.1. The molecule has 0 saturated heterocycles. The van der Waals surface area contributed by atoms with E-state index in [0.717, 1.165) is 44.3 Å². The van der Waals surface area contributed by atoms with Crippen molar-refractivity contribution in [2.45, 2.75) is 163 Å². The first-order chi connectivity index (χ1) is 23.4. The third kappa shape index (κ3) is 28.7. The van der Waals surface area contributed by atoms with Gasteiger partial charge in [0.1, 0.15) is 29.8 Å². The first kappa shape index (κ1) is 48.0. The molecule has 0 aromatic rings. The molecule has 10 nitrogen and oxygen atoms in total. The van der Waals surface area contributed by atoms with E-state index in [0.29, 0.717) is 49.9 Å². The average Bonchev–Trinajstić information content (AvgIpc) is 2.99. The quantitative estimate of drug-likeness (QED) is 0.0532. The second-order valence-electron chi connectivity index (χ2n) is 15.8. The number of rotatable bonds is 31. The SMILES string of the molecule is CC(C)C(CC(=O)CCCCCCCSCCCCCC(=O)CCCOCCOCC(=O)NC(CCC(=O)O)C(=O)OC(C)(C)C)C(C)(C)C. The Kier molecular flexibility index (Phi) is 26.5. The summed E-state index contributed by atoms with van der Waals surface area (Å²) in [6, 6.07) is -1.07. The molecule has 0 aliphatic rings. The van der Waals surface area contributed by atoms with Gasteiger partial charge >= 0.3 is 11.9 Å². The number of hydrogen-bond acceptors (Lipinski definition) is 9. The minimum atomic E-state index is -1.07. The number of Topliss-reactive ketones (excluding diaryl/α,β-unsaturated/α-hetero) is 2. The lowest BCUT2D eigenvalue weighted by Gasteiger charge is -2.33. The van der Waals surface area contributed by atoms with Crippen molar-refractivity contribution in [3.63, 3.8) is 0 Å². The zero-order chi connectivity index (χ0) is 38.0. The van der Waals surface area contributed by atoms with Gasteiger partial charge in [0.2, 0.25) is 5.91 Å². The summed E-state index contributed by atoms with van der Waals surface area (Å²) in [6.07, 6.45) is 11.8. The lowest BCUT2D eigenvalue weighted by atomic mass is 9.71. The molecule has 0 fully saturated rings. The Bertz CT molecular complexity index is 972. The summed E-state index contributed by atoms with van der Waals surface area (Å²) in [5.74, 6) is 1.68. The largest absolute Gasteiger partial charge is 0.481 e. The third-order valence-electron chi connectivity index (χ3n) is 8.38. The number of carbonyl (C=O) groups excluding carboxylic acids is 4. The second kappa shape index (κ2) is 27.6. The highest BCUT2D eigenvalue weighted by molar-refractivity contribution is 7.99. The van der Waals surface area contributed by atoms with Crippen molar-refractivity contribution in [1.82, 2.24) is 5.32 Å². The number of hydrogen-bond donors (Lipinski definition) is 2. The number of aliphatic carboxylic acids is 1. The molecule has 0 radical (unpaired) electrons. The molecule has 0 aromatic carbocycles. The number of thioether (sulfide) groups is 1. The van der Waals surface area contributed by atoms with Gasteiger partial charge in [0.15, 0.2) is 0 Å². The Labute approximate surface area is 307 Å². The van der Waals surface area contributed by atoms with E-state index in [1.54, 1.807) is 20.8 Å². The van der Waals surface area contributed by atoms with Gasteiger partial charge in [-0.1, -0.05) is 60.3 Å². The van der Waals surface area contributed by atoms with Crippen LogP contribution in [-0.2, 0) is 38.2 Å². The zero-order valence-electron chi connectivity index (χ0n) is 32.7. The van der Waals surface area contributed by atoms with Crippen LogP contribution in [0, 0.1) is 17.3 Å². The Hall–Kier alpha value is -1.98. The van der Waals surface area contributed by atoms with Crippen LogP contribution >= 0.6 is 11.8 Å². The smallest absolute Gasteiger partial charge is 0.329 e. The van der Waals surface area contributed by atoms with Crippen molar-refractivity contribution in [3.8, 4) is 0 Å². The van der Waals surface area contributed by atoms with E-state index in [1.165, 1.54) is 25.0 Å². The molecule has 0 heterocycles. The minimum Gasteiger partial charge on any atom is -0.481 e. The molecular weight excluding hydrogens is 658 g/mol. The number of nitrogens with one attached hydrogen (secondary N) is 1. The highest BCUT2D eigenvalue weighted by Gasteiger charge is 2.29. The van der Waals surface area contributed by atoms with Gasteiger partial charge in [-0.05, 0) is 88.1 Å². The number of amides is 1. The molecule has 50 heavy (non-hydrogen) atoms. The van der Waals surface area contributed by atoms with Gasteiger partial charge in [-0.15, -0.1) is 0 Å². The summed E-state index contributed by atoms with van der Waals surface area (Å²) in [5.41, 5.74) is -0.590. The minimum absolute atomic E-state index is 0.0817. The standard InChI is InChI=1S/C39H71NO9S/c1-30(2)33(38(3,4)5)28-32(42)19-13-10-9-11-15-26-50-27-16-12-14-18-31(41)20-17-23-47-24-25-48-29-35(43)40-34(21-22-36(44)45)37(46)49-39(6,7)8/h30,33-34H,9-29H2,1-8H3,(H,40,43)(H,44,45). The van der Waals surface area contributed by atoms with Crippen molar-refractivity contribution in [1.29, 1.82) is 0 Å². The number of carboxylic acid groups (broad SMARTS) is 1. The fraction of sp³-hybridized carbons (Fsp3) is 0.872. The lowest BCUT2D eigenvalue weighted by Crippen LogP contribution is -2.45. The van der Waals surface area contributed by atoms with Crippen LogP contribution < -0.4 is 5.32 Å². The van der Waals surface area contributed by atoms with E-state index in [1.807, 2.05) is 11.8 Å². The molecule has 11 heteroatoms. The highest BCUT2D eigenvalue weighted by atomic mass is 32.2. The van der Waals surface area contributed by atoms with Crippen molar-refractivity contribution in [2.75, 3.05) is 37.9 Å². The zero-order valence-corrected chi connectivity index (χ0v) is 33.5. The molecule has 292 valence electrons. The van der Waals surface area contributed by atoms with E-state index in [2.05, 4.69) is 39.9 Å². The Balaban J connectivity index is 3.71. The van der Waals surface area contributed by atoms with Crippen LogP contribution in [0.25, 0.3) is 0 Å².